The van der Waals surface area contributed by atoms with Crippen LogP contribution >= 0.6 is 23.2 Å². The summed E-state index contributed by atoms with van der Waals surface area (Å²) in [6, 6.07) is 17.6. The summed E-state index contributed by atoms with van der Waals surface area (Å²) in [6.45, 7) is 0. The van der Waals surface area contributed by atoms with Crippen LogP contribution in [0.15, 0.2) is 83.8 Å². The molecule has 1 amide bonds. The first-order valence-electron chi connectivity index (χ1n) is 11.7. The smallest absolute Gasteiger partial charge is 0.324 e. The van der Waals surface area contributed by atoms with Crippen molar-refractivity contribution in [1.82, 2.24) is 14.5 Å². The van der Waals surface area contributed by atoms with E-state index in [4.69, 9.17) is 23.2 Å². The number of hydrogen-bond donors (Lipinski definition) is 2. The lowest BCUT2D eigenvalue weighted by Crippen LogP contribution is -2.20. The summed E-state index contributed by atoms with van der Waals surface area (Å²) in [4.78, 5) is 35.0. The zero-order valence-corrected chi connectivity index (χ0v) is 22.1. The maximum Gasteiger partial charge on any atom is 0.416 e. The fraction of sp³-hybridized carbons (Fsp3) is 0.0714. The van der Waals surface area contributed by atoms with Crippen LogP contribution in [0.4, 0.5) is 30.5 Å². The van der Waals surface area contributed by atoms with E-state index in [1.165, 1.54) is 42.1 Å². The maximum atomic E-state index is 13.4. The number of carbonyl (C=O) groups is 1. The van der Waals surface area contributed by atoms with Crippen LogP contribution in [0.1, 0.15) is 15.9 Å². The third-order valence-corrected chi connectivity index (χ3v) is 6.75. The van der Waals surface area contributed by atoms with Crippen LogP contribution in [0.5, 0.6) is 0 Å². The number of hydrogen-bond acceptors (Lipinski definition) is 5. The molecule has 0 saturated heterocycles. The molecule has 7 nitrogen and oxygen atoms in total. The summed E-state index contributed by atoms with van der Waals surface area (Å²) in [5.41, 5.74) is -0.222. The molecule has 0 radical (unpaired) electrons. The number of alkyl halides is 3. The molecule has 0 aliphatic carbocycles. The van der Waals surface area contributed by atoms with Gasteiger partial charge in [0.1, 0.15) is 5.65 Å². The fourth-order valence-corrected chi connectivity index (χ4v) is 4.69. The molecule has 2 aromatic heterocycles. The van der Waals surface area contributed by atoms with E-state index in [-0.39, 0.29) is 38.4 Å². The molecule has 202 valence electrons. The van der Waals surface area contributed by atoms with Gasteiger partial charge in [-0.1, -0.05) is 47.5 Å². The van der Waals surface area contributed by atoms with E-state index in [1.54, 1.807) is 0 Å². The van der Waals surface area contributed by atoms with Gasteiger partial charge in [0.2, 0.25) is 5.95 Å². The summed E-state index contributed by atoms with van der Waals surface area (Å²) in [5.74, 6) is -0.531. The van der Waals surface area contributed by atoms with Crippen molar-refractivity contribution in [3.63, 3.8) is 0 Å². The van der Waals surface area contributed by atoms with Gasteiger partial charge in [-0.15, -0.1) is 0 Å². The average Bonchev–Trinajstić information content (AvgIpc) is 2.93. The van der Waals surface area contributed by atoms with Gasteiger partial charge in [0.25, 0.3) is 11.5 Å². The number of anilines is 3. The molecule has 0 bridgehead atoms. The van der Waals surface area contributed by atoms with E-state index in [0.29, 0.717) is 11.0 Å². The number of nitrogens with one attached hydrogen (secondary N) is 2. The Hall–Kier alpha value is -4.41. The second kappa shape index (κ2) is 10.6. The molecule has 0 unspecified atom stereocenters. The molecule has 0 aliphatic rings. The molecule has 40 heavy (non-hydrogen) atoms. The number of pyridine rings is 1. The van der Waals surface area contributed by atoms with Crippen LogP contribution in [-0.4, -0.2) is 20.4 Å². The van der Waals surface area contributed by atoms with Gasteiger partial charge in [0.15, 0.2) is 0 Å². The van der Waals surface area contributed by atoms with Gasteiger partial charge in [-0.25, -0.2) is 4.98 Å². The molecule has 3 aromatic carbocycles. The van der Waals surface area contributed by atoms with Crippen LogP contribution in [0.3, 0.4) is 0 Å². The van der Waals surface area contributed by atoms with Crippen molar-refractivity contribution in [2.75, 3.05) is 10.6 Å². The van der Waals surface area contributed by atoms with Crippen LogP contribution < -0.4 is 16.2 Å². The third-order valence-electron chi connectivity index (χ3n) is 6.04. The number of benzene rings is 3. The lowest BCUT2D eigenvalue weighted by Gasteiger charge is -2.15. The molecule has 0 aliphatic heterocycles. The minimum atomic E-state index is -4.61. The molecule has 5 aromatic rings. The largest absolute Gasteiger partial charge is 0.416 e. The first-order chi connectivity index (χ1) is 19.0. The molecule has 2 heterocycles. The first kappa shape index (κ1) is 27.2. The van der Waals surface area contributed by atoms with E-state index in [1.807, 2.05) is 30.3 Å². The molecule has 0 spiro atoms. The molecular weight excluding hydrogens is 566 g/mol. The van der Waals surface area contributed by atoms with Crippen molar-refractivity contribution in [1.29, 1.82) is 0 Å². The summed E-state index contributed by atoms with van der Waals surface area (Å²) >= 11 is 13.0. The Morgan fingerprint density at radius 1 is 0.975 bits per heavy atom. The van der Waals surface area contributed by atoms with Crippen molar-refractivity contribution in [2.45, 2.75) is 6.18 Å². The van der Waals surface area contributed by atoms with E-state index in [2.05, 4.69) is 20.6 Å². The second-order valence-electron chi connectivity index (χ2n) is 8.70. The molecule has 12 heteroatoms. The van der Waals surface area contributed by atoms with E-state index in [9.17, 15) is 22.8 Å². The standard InChI is InChI=1S/C28H18Cl2F3N5O2/c1-38-24-16(14-34-27(37-24)35-18-8-3-2-4-9-18)13-19(26(38)40)22-20(29)10-11-21(23(22)30)36-25(39)15-6-5-7-17(12-15)28(31,32)33/h2-14H,1H3,(H,36,39)(H,34,35,37). The van der Waals surface area contributed by atoms with E-state index < -0.39 is 23.2 Å². The number of aromatic nitrogens is 3. The topological polar surface area (TPSA) is 88.9 Å². The molecule has 0 atom stereocenters. The summed E-state index contributed by atoms with van der Waals surface area (Å²) in [5, 5.41) is 6.16. The number of nitrogens with zero attached hydrogens (tertiary/aromatic N) is 3. The van der Waals surface area contributed by atoms with Crippen molar-refractivity contribution >= 4 is 57.5 Å². The Balaban J connectivity index is 1.52. The molecule has 5 rings (SSSR count). The SMILES string of the molecule is Cn1c(=O)c(-c2c(Cl)ccc(NC(=O)c3cccc(C(F)(F)F)c3)c2Cl)cc2cnc(Nc3ccccc3)nc21. The summed E-state index contributed by atoms with van der Waals surface area (Å²) < 4.78 is 40.6. The van der Waals surface area contributed by atoms with Gasteiger partial charge in [-0.2, -0.15) is 18.2 Å². The average molecular weight is 584 g/mol. The highest BCUT2D eigenvalue weighted by atomic mass is 35.5. The number of halogens is 5. The zero-order chi connectivity index (χ0) is 28.6. The predicted molar refractivity (Wildman–Crippen MR) is 149 cm³/mol. The van der Waals surface area contributed by atoms with E-state index in [0.717, 1.165) is 23.9 Å². The number of para-hydroxylation sites is 1. The van der Waals surface area contributed by atoms with Gasteiger partial charge in [0.05, 0.1) is 26.9 Å². The minimum absolute atomic E-state index is 0.0595. The Labute approximate surface area is 235 Å². The van der Waals surface area contributed by atoms with Gasteiger partial charge in [-0.3, -0.25) is 14.2 Å². The highest BCUT2D eigenvalue weighted by Gasteiger charge is 2.31. The lowest BCUT2D eigenvalue weighted by molar-refractivity contribution is -0.137. The monoisotopic (exact) mass is 583 g/mol. The Morgan fingerprint density at radius 2 is 1.73 bits per heavy atom. The van der Waals surface area contributed by atoms with Gasteiger partial charge in [0, 0.05) is 35.4 Å². The summed E-state index contributed by atoms with van der Waals surface area (Å²) in [7, 11) is 1.54. The quantitative estimate of drug-likeness (QED) is 0.226. The zero-order valence-electron chi connectivity index (χ0n) is 20.6. The van der Waals surface area contributed by atoms with Crippen LogP contribution in [0.2, 0.25) is 10.0 Å². The van der Waals surface area contributed by atoms with Gasteiger partial charge < -0.3 is 10.6 Å². The Kier molecular flexibility index (Phi) is 7.22. The lowest BCUT2D eigenvalue weighted by atomic mass is 10.0. The van der Waals surface area contributed by atoms with E-state index >= 15 is 0 Å². The van der Waals surface area contributed by atoms with Gasteiger partial charge in [-0.05, 0) is 48.5 Å². The first-order valence-corrected chi connectivity index (χ1v) is 12.4. The van der Waals surface area contributed by atoms with Crippen molar-refractivity contribution in [3.05, 3.63) is 111 Å². The van der Waals surface area contributed by atoms with Crippen LogP contribution in [0.25, 0.3) is 22.2 Å². The molecule has 2 N–H and O–H groups in total. The number of aryl methyl sites for hydroxylation is 1. The van der Waals surface area contributed by atoms with Crippen molar-refractivity contribution in [3.8, 4) is 11.1 Å². The molecule has 0 fully saturated rings. The van der Waals surface area contributed by atoms with Crippen LogP contribution in [0, 0.1) is 0 Å². The Morgan fingerprint density at radius 3 is 2.45 bits per heavy atom. The number of fused-ring (bicyclic) bond motifs is 1. The van der Waals surface area contributed by atoms with Crippen molar-refractivity contribution < 1.29 is 18.0 Å². The Bertz CT molecular complexity index is 1830. The second-order valence-corrected chi connectivity index (χ2v) is 9.49. The fourth-order valence-electron chi connectivity index (χ4n) is 4.06. The molecular formula is C28H18Cl2F3N5O2. The van der Waals surface area contributed by atoms with Crippen LogP contribution in [-0.2, 0) is 13.2 Å². The summed E-state index contributed by atoms with van der Waals surface area (Å²) in [6.07, 6.45) is -3.07. The minimum Gasteiger partial charge on any atom is -0.324 e. The number of amides is 1. The molecule has 0 saturated carbocycles. The van der Waals surface area contributed by atoms with Gasteiger partial charge >= 0.3 is 6.18 Å². The third kappa shape index (κ3) is 5.36. The highest BCUT2D eigenvalue weighted by Crippen LogP contribution is 2.39. The van der Waals surface area contributed by atoms with Crippen molar-refractivity contribution in [2.24, 2.45) is 7.05 Å². The number of carbonyl (C=O) groups excluding carboxylic acids is 1. The highest BCUT2D eigenvalue weighted by molar-refractivity contribution is 6.41. The maximum absolute atomic E-state index is 13.4. The predicted octanol–water partition coefficient (Wildman–Crippen LogP) is 7.32. The number of rotatable bonds is 5. The normalized spacial score (nSPS) is 11.4.